The molecule has 1 aliphatic heterocycles. The topological polar surface area (TPSA) is 46.4 Å². The van der Waals surface area contributed by atoms with Crippen molar-refractivity contribution in [3.8, 4) is 0 Å². The number of likely N-dealkylation sites (N-methyl/N-ethyl adjacent to an activating group) is 1. The van der Waals surface area contributed by atoms with Gasteiger partial charge in [0, 0.05) is 11.5 Å². The second kappa shape index (κ2) is 4.22. The van der Waals surface area contributed by atoms with Gasteiger partial charge in [0.05, 0.1) is 12.5 Å². The smallest absolute Gasteiger partial charge is 0.233 e. The highest BCUT2D eigenvalue weighted by atomic mass is 16.6. The molecule has 0 bridgehead atoms. The van der Waals surface area contributed by atoms with Crippen LogP contribution in [0.5, 0.6) is 0 Å². The quantitative estimate of drug-likeness (QED) is 0.562. The summed E-state index contributed by atoms with van der Waals surface area (Å²) in [6, 6.07) is 7.57. The number of nitro groups is 1. The lowest BCUT2D eigenvalue weighted by Gasteiger charge is -2.12. The monoisotopic (exact) mass is 220 g/mol. The van der Waals surface area contributed by atoms with Crippen LogP contribution < -0.4 is 0 Å². The van der Waals surface area contributed by atoms with E-state index in [0.717, 1.165) is 17.7 Å². The van der Waals surface area contributed by atoms with Crippen LogP contribution in [0.2, 0.25) is 0 Å². The molecule has 2 atom stereocenters. The molecule has 1 aromatic carbocycles. The lowest BCUT2D eigenvalue weighted by Crippen LogP contribution is -2.27. The standard InChI is InChI=1S/C12H16N2O2/c1-9-4-3-5-10(6-9)11-7-13(2)8-12(11)14(15)16/h3-6,11-12H,7-8H2,1-2H3. The normalized spacial score (nSPS) is 25.9. The first-order valence-electron chi connectivity index (χ1n) is 5.46. The SMILES string of the molecule is Cc1cccc(C2CN(C)CC2[N+](=O)[O-])c1. The molecule has 1 fully saturated rings. The predicted molar refractivity (Wildman–Crippen MR) is 62.2 cm³/mol. The lowest BCUT2D eigenvalue weighted by atomic mass is 9.93. The summed E-state index contributed by atoms with van der Waals surface area (Å²) in [5.41, 5.74) is 2.25. The average Bonchev–Trinajstić information content (AvgIpc) is 2.60. The second-order valence-electron chi connectivity index (χ2n) is 4.59. The van der Waals surface area contributed by atoms with E-state index in [2.05, 4.69) is 6.07 Å². The summed E-state index contributed by atoms with van der Waals surface area (Å²) in [7, 11) is 1.94. The maximum atomic E-state index is 11.0. The van der Waals surface area contributed by atoms with Crippen LogP contribution in [-0.2, 0) is 0 Å². The van der Waals surface area contributed by atoms with E-state index >= 15 is 0 Å². The van der Waals surface area contributed by atoms with Crippen molar-refractivity contribution in [2.75, 3.05) is 20.1 Å². The summed E-state index contributed by atoms with van der Waals surface area (Å²) in [5, 5.41) is 11.0. The Morgan fingerprint density at radius 1 is 1.44 bits per heavy atom. The third kappa shape index (κ3) is 2.07. The van der Waals surface area contributed by atoms with Gasteiger partial charge in [0.1, 0.15) is 0 Å². The van der Waals surface area contributed by atoms with Crippen LogP contribution in [0.3, 0.4) is 0 Å². The van der Waals surface area contributed by atoms with Crippen molar-refractivity contribution in [1.29, 1.82) is 0 Å². The molecule has 2 rings (SSSR count). The fourth-order valence-corrected chi connectivity index (χ4v) is 2.42. The minimum Gasteiger partial charge on any atom is -0.299 e. The fraction of sp³-hybridized carbons (Fsp3) is 0.500. The molecular formula is C12H16N2O2. The Morgan fingerprint density at radius 3 is 2.81 bits per heavy atom. The van der Waals surface area contributed by atoms with Crippen LogP contribution in [0.1, 0.15) is 17.0 Å². The minimum absolute atomic E-state index is 0.0277. The van der Waals surface area contributed by atoms with E-state index in [1.54, 1.807) is 0 Å². The maximum Gasteiger partial charge on any atom is 0.233 e. The Morgan fingerprint density at radius 2 is 2.19 bits per heavy atom. The van der Waals surface area contributed by atoms with Crippen LogP contribution in [0.4, 0.5) is 0 Å². The van der Waals surface area contributed by atoms with Gasteiger partial charge in [0.25, 0.3) is 0 Å². The third-order valence-corrected chi connectivity index (χ3v) is 3.21. The van der Waals surface area contributed by atoms with Crippen LogP contribution >= 0.6 is 0 Å². The first-order chi connectivity index (χ1) is 7.58. The number of hydrogen-bond donors (Lipinski definition) is 0. The molecule has 86 valence electrons. The zero-order chi connectivity index (χ0) is 11.7. The molecule has 0 aliphatic carbocycles. The molecule has 4 nitrogen and oxygen atoms in total. The number of rotatable bonds is 2. The maximum absolute atomic E-state index is 11.0. The van der Waals surface area contributed by atoms with E-state index in [4.69, 9.17) is 0 Å². The van der Waals surface area contributed by atoms with Gasteiger partial charge in [0.2, 0.25) is 6.04 Å². The molecule has 0 radical (unpaired) electrons. The fourth-order valence-electron chi connectivity index (χ4n) is 2.42. The zero-order valence-electron chi connectivity index (χ0n) is 9.59. The van der Waals surface area contributed by atoms with Gasteiger partial charge < -0.3 is 0 Å². The van der Waals surface area contributed by atoms with Gasteiger partial charge in [-0.2, -0.15) is 0 Å². The first-order valence-corrected chi connectivity index (χ1v) is 5.46. The lowest BCUT2D eigenvalue weighted by molar-refractivity contribution is -0.521. The van der Waals surface area contributed by atoms with Crippen LogP contribution in [0, 0.1) is 17.0 Å². The van der Waals surface area contributed by atoms with Crippen LogP contribution in [-0.4, -0.2) is 36.0 Å². The summed E-state index contributed by atoms with van der Waals surface area (Å²) in [6.07, 6.45) is 0. The van der Waals surface area contributed by atoms with Crippen molar-refractivity contribution in [1.82, 2.24) is 4.90 Å². The van der Waals surface area contributed by atoms with Gasteiger partial charge >= 0.3 is 0 Å². The van der Waals surface area contributed by atoms with Crippen molar-refractivity contribution in [2.45, 2.75) is 18.9 Å². The molecule has 2 unspecified atom stereocenters. The number of likely N-dealkylation sites (tertiary alicyclic amines) is 1. The van der Waals surface area contributed by atoms with Gasteiger partial charge in [-0.05, 0) is 19.5 Å². The highest BCUT2D eigenvalue weighted by molar-refractivity contribution is 5.27. The molecule has 0 amide bonds. The van der Waals surface area contributed by atoms with Crippen molar-refractivity contribution in [3.63, 3.8) is 0 Å². The van der Waals surface area contributed by atoms with Crippen molar-refractivity contribution in [3.05, 3.63) is 45.5 Å². The molecule has 1 aliphatic rings. The van der Waals surface area contributed by atoms with Gasteiger partial charge in [-0.15, -0.1) is 0 Å². The molecule has 1 saturated heterocycles. The minimum atomic E-state index is -0.466. The Kier molecular flexibility index (Phi) is 2.92. The van der Waals surface area contributed by atoms with Crippen LogP contribution in [0.15, 0.2) is 24.3 Å². The van der Waals surface area contributed by atoms with E-state index in [-0.39, 0.29) is 10.8 Å². The Labute approximate surface area is 95.0 Å². The second-order valence-corrected chi connectivity index (χ2v) is 4.59. The molecule has 4 heteroatoms. The van der Waals surface area contributed by atoms with E-state index in [1.807, 2.05) is 37.1 Å². The van der Waals surface area contributed by atoms with Crippen molar-refractivity contribution < 1.29 is 4.92 Å². The van der Waals surface area contributed by atoms with Crippen molar-refractivity contribution >= 4 is 0 Å². The molecule has 1 heterocycles. The summed E-state index contributed by atoms with van der Waals surface area (Å²) >= 11 is 0. The van der Waals surface area contributed by atoms with E-state index in [9.17, 15) is 10.1 Å². The van der Waals surface area contributed by atoms with Gasteiger partial charge in [-0.1, -0.05) is 29.8 Å². The summed E-state index contributed by atoms with van der Waals surface area (Å²) < 4.78 is 0. The Balaban J connectivity index is 2.28. The van der Waals surface area contributed by atoms with Gasteiger partial charge in [0.15, 0.2) is 0 Å². The third-order valence-electron chi connectivity index (χ3n) is 3.21. The molecule has 0 saturated carbocycles. The summed E-state index contributed by atoms with van der Waals surface area (Å²) in [6.45, 7) is 3.34. The molecule has 1 aromatic rings. The van der Waals surface area contributed by atoms with Gasteiger partial charge in [-0.25, -0.2) is 0 Å². The Hall–Kier alpha value is -1.42. The molecule has 0 N–H and O–H groups in total. The first kappa shape index (κ1) is 11.1. The number of nitrogens with zero attached hydrogens (tertiary/aromatic N) is 2. The average molecular weight is 220 g/mol. The largest absolute Gasteiger partial charge is 0.299 e. The molecular weight excluding hydrogens is 204 g/mol. The zero-order valence-corrected chi connectivity index (χ0v) is 9.59. The molecule has 0 aromatic heterocycles. The van der Waals surface area contributed by atoms with Crippen LogP contribution in [0.25, 0.3) is 0 Å². The predicted octanol–water partition coefficient (Wildman–Crippen LogP) is 1.67. The molecule has 16 heavy (non-hydrogen) atoms. The van der Waals surface area contributed by atoms with E-state index in [0.29, 0.717) is 6.54 Å². The number of hydrogen-bond acceptors (Lipinski definition) is 3. The van der Waals surface area contributed by atoms with Crippen molar-refractivity contribution in [2.24, 2.45) is 0 Å². The van der Waals surface area contributed by atoms with E-state index in [1.165, 1.54) is 0 Å². The number of benzene rings is 1. The molecule has 0 spiro atoms. The highest BCUT2D eigenvalue weighted by Gasteiger charge is 2.40. The Bertz CT molecular complexity index is 406. The van der Waals surface area contributed by atoms with Gasteiger partial charge in [-0.3, -0.25) is 15.0 Å². The summed E-state index contributed by atoms with van der Waals surface area (Å²) in [4.78, 5) is 12.9. The van der Waals surface area contributed by atoms with E-state index < -0.39 is 6.04 Å². The highest BCUT2D eigenvalue weighted by Crippen LogP contribution is 2.28. The number of aryl methyl sites for hydroxylation is 1. The summed E-state index contributed by atoms with van der Waals surface area (Å²) in [5.74, 6) is 0.0277.